The predicted octanol–water partition coefficient (Wildman–Crippen LogP) is 5.42. The number of hydrogen-bond acceptors (Lipinski definition) is 6. The highest BCUT2D eigenvalue weighted by molar-refractivity contribution is 5.89. The van der Waals surface area contributed by atoms with Crippen molar-refractivity contribution in [2.75, 3.05) is 13.1 Å². The van der Waals surface area contributed by atoms with E-state index in [-0.39, 0.29) is 23.0 Å². The minimum absolute atomic E-state index is 0.0914. The number of fused-ring (bicyclic) bond motifs is 1. The van der Waals surface area contributed by atoms with Gasteiger partial charge in [0.1, 0.15) is 17.0 Å². The van der Waals surface area contributed by atoms with Gasteiger partial charge < -0.3 is 4.90 Å². The van der Waals surface area contributed by atoms with Gasteiger partial charge in [-0.15, -0.1) is 0 Å². The van der Waals surface area contributed by atoms with Gasteiger partial charge in [0.2, 0.25) is 5.91 Å². The maximum absolute atomic E-state index is 15.1. The average Bonchev–Trinajstić information content (AvgIpc) is 2.88. The number of halogens is 1. The summed E-state index contributed by atoms with van der Waals surface area (Å²) in [5, 5.41) is 9.17. The van der Waals surface area contributed by atoms with E-state index in [1.807, 2.05) is 37.8 Å². The molecule has 0 N–H and O–H groups in total. The van der Waals surface area contributed by atoms with Crippen molar-refractivity contribution in [3.05, 3.63) is 70.3 Å². The number of hydrogen-bond donors (Lipinski definition) is 0. The highest BCUT2D eigenvalue weighted by Crippen LogP contribution is 2.33. The molecule has 0 aliphatic carbocycles. The van der Waals surface area contributed by atoms with Crippen LogP contribution >= 0.6 is 0 Å². The Balaban J connectivity index is 1.68. The molecule has 7 nitrogen and oxygen atoms in total. The number of benzene rings is 2. The van der Waals surface area contributed by atoms with Gasteiger partial charge in [-0.1, -0.05) is 11.6 Å². The molecular formula is C29H27FN6O. The summed E-state index contributed by atoms with van der Waals surface area (Å²) in [6.45, 7) is 8.81. The lowest BCUT2D eigenvalue weighted by Gasteiger charge is -2.32. The Labute approximate surface area is 215 Å². The van der Waals surface area contributed by atoms with Crippen molar-refractivity contribution in [1.29, 1.82) is 5.26 Å². The lowest BCUT2D eigenvalue weighted by atomic mass is 9.88. The number of aromatic nitrogens is 4. The largest absolute Gasteiger partial charge is 0.342 e. The fraction of sp³-hybridized carbons (Fsp3) is 0.310. The zero-order valence-electron chi connectivity index (χ0n) is 21.3. The Hall–Kier alpha value is -4.25. The SMILES string of the molecule is CC(=O)N1CCCC(c2cc(C)cc(-c3nc(-c4ccc(C#N)cc4F)c4nc(C)c(C)nc4n3)c2)C1. The van der Waals surface area contributed by atoms with Crippen LogP contribution in [0.15, 0.2) is 36.4 Å². The van der Waals surface area contributed by atoms with Crippen LogP contribution in [0.2, 0.25) is 0 Å². The van der Waals surface area contributed by atoms with Crippen molar-refractivity contribution >= 4 is 17.1 Å². The Morgan fingerprint density at radius 3 is 2.57 bits per heavy atom. The topological polar surface area (TPSA) is 95.7 Å². The molecule has 1 aliphatic rings. The van der Waals surface area contributed by atoms with Crippen LogP contribution in [-0.2, 0) is 4.79 Å². The normalized spacial score (nSPS) is 15.6. The molecule has 4 aromatic rings. The van der Waals surface area contributed by atoms with Crippen LogP contribution in [0.1, 0.15) is 53.8 Å². The maximum atomic E-state index is 15.1. The van der Waals surface area contributed by atoms with Gasteiger partial charge >= 0.3 is 0 Å². The molecule has 1 unspecified atom stereocenters. The third kappa shape index (κ3) is 4.77. The Bertz CT molecular complexity index is 1590. The molecular weight excluding hydrogens is 467 g/mol. The Morgan fingerprint density at radius 2 is 1.84 bits per heavy atom. The summed E-state index contributed by atoms with van der Waals surface area (Å²) in [4.78, 5) is 32.7. The van der Waals surface area contributed by atoms with Crippen molar-refractivity contribution in [2.45, 2.75) is 46.5 Å². The minimum Gasteiger partial charge on any atom is -0.342 e. The van der Waals surface area contributed by atoms with E-state index in [4.69, 9.17) is 9.97 Å². The third-order valence-electron chi connectivity index (χ3n) is 6.99. The molecule has 1 fully saturated rings. The van der Waals surface area contributed by atoms with E-state index in [9.17, 15) is 10.1 Å². The second-order valence-corrected chi connectivity index (χ2v) is 9.71. The first-order chi connectivity index (χ1) is 17.7. The van der Waals surface area contributed by atoms with Crippen LogP contribution in [0.25, 0.3) is 33.8 Å². The molecule has 0 saturated carbocycles. The second kappa shape index (κ2) is 9.66. The van der Waals surface area contributed by atoms with E-state index in [0.717, 1.165) is 41.8 Å². The molecule has 3 heterocycles. The van der Waals surface area contributed by atoms with Gasteiger partial charge in [0.15, 0.2) is 11.5 Å². The summed E-state index contributed by atoms with van der Waals surface area (Å²) in [5.74, 6) is 0.181. The van der Waals surface area contributed by atoms with Crippen molar-refractivity contribution in [2.24, 2.45) is 0 Å². The summed E-state index contributed by atoms with van der Waals surface area (Å²) in [5.41, 5.74) is 6.02. The van der Waals surface area contributed by atoms with E-state index in [1.165, 1.54) is 6.07 Å². The number of nitriles is 1. The molecule has 2 aromatic heterocycles. The number of aryl methyl sites for hydroxylation is 3. The zero-order valence-corrected chi connectivity index (χ0v) is 21.3. The molecule has 1 atom stereocenters. The summed E-state index contributed by atoms with van der Waals surface area (Å²) < 4.78 is 15.1. The van der Waals surface area contributed by atoms with Gasteiger partial charge in [0.25, 0.3) is 0 Å². The average molecular weight is 495 g/mol. The molecule has 1 saturated heterocycles. The molecule has 1 aliphatic heterocycles. The van der Waals surface area contributed by atoms with E-state index in [1.54, 1.807) is 19.1 Å². The Kier molecular flexibility index (Phi) is 6.38. The first kappa shape index (κ1) is 24.4. The molecule has 186 valence electrons. The molecule has 8 heteroatoms. The summed E-state index contributed by atoms with van der Waals surface area (Å²) >= 11 is 0. The summed E-state index contributed by atoms with van der Waals surface area (Å²) in [6, 6.07) is 12.5. The van der Waals surface area contributed by atoms with E-state index in [2.05, 4.69) is 22.1 Å². The van der Waals surface area contributed by atoms with Gasteiger partial charge in [-0.25, -0.2) is 24.3 Å². The van der Waals surface area contributed by atoms with Crippen LogP contribution in [-0.4, -0.2) is 43.8 Å². The molecule has 1 amide bonds. The molecule has 0 radical (unpaired) electrons. The van der Waals surface area contributed by atoms with Crippen LogP contribution in [0.4, 0.5) is 4.39 Å². The van der Waals surface area contributed by atoms with E-state index >= 15 is 4.39 Å². The van der Waals surface area contributed by atoms with Gasteiger partial charge in [-0.05, 0) is 69.5 Å². The maximum Gasteiger partial charge on any atom is 0.219 e. The fourth-order valence-corrected chi connectivity index (χ4v) is 4.92. The highest BCUT2D eigenvalue weighted by Gasteiger charge is 2.24. The van der Waals surface area contributed by atoms with E-state index < -0.39 is 5.82 Å². The Morgan fingerprint density at radius 1 is 1.05 bits per heavy atom. The standard InChI is InChI=1S/C29H27FN6O/c1-16-10-22(21-6-5-9-36(15-21)19(4)37)13-23(11-16)28-34-26(24-8-7-20(14-31)12-25(24)30)27-29(35-28)33-18(3)17(2)32-27/h7-8,10-13,21H,5-6,9,15H2,1-4H3. The number of amides is 1. The first-order valence-electron chi connectivity index (χ1n) is 12.3. The second-order valence-electron chi connectivity index (χ2n) is 9.71. The van der Waals surface area contributed by atoms with Gasteiger partial charge in [0.05, 0.1) is 23.0 Å². The van der Waals surface area contributed by atoms with Crippen molar-refractivity contribution in [1.82, 2.24) is 24.8 Å². The molecule has 0 spiro atoms. The number of carbonyl (C=O) groups is 1. The molecule has 0 bridgehead atoms. The smallest absolute Gasteiger partial charge is 0.219 e. The zero-order chi connectivity index (χ0) is 26.3. The highest BCUT2D eigenvalue weighted by atomic mass is 19.1. The number of carbonyl (C=O) groups excluding carboxylic acids is 1. The number of nitrogens with zero attached hydrogens (tertiary/aromatic N) is 6. The monoisotopic (exact) mass is 494 g/mol. The van der Waals surface area contributed by atoms with Crippen LogP contribution in [0.5, 0.6) is 0 Å². The molecule has 37 heavy (non-hydrogen) atoms. The first-order valence-corrected chi connectivity index (χ1v) is 12.3. The van der Waals surface area contributed by atoms with Crippen LogP contribution < -0.4 is 0 Å². The van der Waals surface area contributed by atoms with Crippen LogP contribution in [0.3, 0.4) is 0 Å². The number of piperidine rings is 1. The lowest BCUT2D eigenvalue weighted by molar-refractivity contribution is -0.130. The molecule has 5 rings (SSSR count). The quantitative estimate of drug-likeness (QED) is 0.378. The predicted molar refractivity (Wildman–Crippen MR) is 139 cm³/mol. The third-order valence-corrected chi connectivity index (χ3v) is 6.99. The van der Waals surface area contributed by atoms with Gasteiger partial charge in [-0.3, -0.25) is 4.79 Å². The van der Waals surface area contributed by atoms with Crippen molar-refractivity contribution in [3.8, 4) is 28.7 Å². The van der Waals surface area contributed by atoms with Gasteiger partial charge in [0, 0.05) is 37.1 Å². The number of likely N-dealkylation sites (tertiary alicyclic amines) is 1. The van der Waals surface area contributed by atoms with Crippen LogP contribution in [0, 0.1) is 37.9 Å². The number of rotatable bonds is 3. The van der Waals surface area contributed by atoms with Crippen molar-refractivity contribution < 1.29 is 9.18 Å². The van der Waals surface area contributed by atoms with E-state index in [0.29, 0.717) is 34.9 Å². The van der Waals surface area contributed by atoms with Gasteiger partial charge in [-0.2, -0.15) is 5.26 Å². The minimum atomic E-state index is -0.554. The molecule has 2 aromatic carbocycles. The summed E-state index contributed by atoms with van der Waals surface area (Å²) in [7, 11) is 0. The summed E-state index contributed by atoms with van der Waals surface area (Å²) in [6.07, 6.45) is 1.95. The lowest BCUT2D eigenvalue weighted by Crippen LogP contribution is -2.37. The van der Waals surface area contributed by atoms with Crippen molar-refractivity contribution in [3.63, 3.8) is 0 Å². The fourth-order valence-electron chi connectivity index (χ4n) is 4.92.